The van der Waals surface area contributed by atoms with Crippen LogP contribution in [0.4, 0.5) is 53.5 Å². The molecule has 0 fully saturated rings. The van der Waals surface area contributed by atoms with Gasteiger partial charge in [-0.15, -0.1) is 0 Å². The summed E-state index contributed by atoms with van der Waals surface area (Å²) in [6.07, 6.45) is -17.2. The van der Waals surface area contributed by atoms with Gasteiger partial charge in [-0.2, -0.15) is 40.2 Å². The quantitative estimate of drug-likeness (QED) is 0.0330. The lowest BCUT2D eigenvalue weighted by molar-refractivity contribution is -0.239. The first kappa shape index (κ1) is 57.5. The fourth-order valence-corrected chi connectivity index (χ4v) is 6.93. The highest BCUT2D eigenvalue weighted by Crippen LogP contribution is 2.49. The van der Waals surface area contributed by atoms with Gasteiger partial charge >= 0.3 is 38.9 Å². The Balaban J connectivity index is 2.12. The summed E-state index contributed by atoms with van der Waals surface area (Å²) < 4.78 is 184. The van der Waals surface area contributed by atoms with E-state index in [2.05, 4.69) is 5.10 Å². The number of benzene rings is 2. The molecule has 17 nitrogen and oxygen atoms in total. The van der Waals surface area contributed by atoms with Crippen LogP contribution in [0.15, 0.2) is 48.7 Å². The number of hydrazine groups is 1. The number of alkyl halides is 8. The fourth-order valence-electron chi connectivity index (χ4n) is 5.75. The third-order valence-corrected chi connectivity index (χ3v) is 12.3. The van der Waals surface area contributed by atoms with E-state index < -0.39 is 117 Å². The third-order valence-electron chi connectivity index (χ3n) is 10.1. The highest BCUT2D eigenvalue weighted by Gasteiger charge is 2.58. The van der Waals surface area contributed by atoms with E-state index in [4.69, 9.17) is 23.0 Å². The molecule has 4 amide bonds. The van der Waals surface area contributed by atoms with E-state index in [1.807, 2.05) is 44.0 Å². The summed E-state index contributed by atoms with van der Waals surface area (Å²) in [4.78, 5) is 52.5. The summed E-state index contributed by atoms with van der Waals surface area (Å²) in [7, 11) is -2.20. The van der Waals surface area contributed by atoms with Crippen molar-refractivity contribution in [3.05, 3.63) is 75.0 Å². The smallest absolute Gasteiger partial charge is 0.449 e. The van der Waals surface area contributed by atoms with Crippen LogP contribution in [0.25, 0.3) is 11.3 Å². The summed E-state index contributed by atoms with van der Waals surface area (Å²) in [6, 6.07) is 6.52. The van der Waals surface area contributed by atoms with Crippen molar-refractivity contribution in [1.82, 2.24) is 36.2 Å². The van der Waals surface area contributed by atoms with E-state index >= 15 is 8.78 Å². The Morgan fingerprint density at radius 1 is 0.868 bits per heavy atom. The maximum absolute atomic E-state index is 15.9. The van der Waals surface area contributed by atoms with Crippen LogP contribution < -0.4 is 21.4 Å². The summed E-state index contributed by atoms with van der Waals surface area (Å²) in [5.74, 6) is -6.29. The van der Waals surface area contributed by atoms with Crippen molar-refractivity contribution in [3.8, 4) is 11.3 Å². The van der Waals surface area contributed by atoms with Crippen LogP contribution in [-0.4, -0.2) is 110 Å². The molecule has 0 saturated heterocycles. The predicted octanol–water partition coefficient (Wildman–Crippen LogP) is 7.80. The molecular weight excluding hydrogens is 1070 g/mol. The van der Waals surface area contributed by atoms with Crippen molar-refractivity contribution in [2.45, 2.75) is 77.8 Å². The van der Waals surface area contributed by atoms with Gasteiger partial charge < -0.3 is 25.4 Å². The van der Waals surface area contributed by atoms with Gasteiger partial charge in [0, 0.05) is 68.2 Å². The molecule has 2 aromatic carbocycles. The summed E-state index contributed by atoms with van der Waals surface area (Å²) in [5, 5.41) is 9.73. The van der Waals surface area contributed by atoms with Gasteiger partial charge in [-0.3, -0.25) is 28.6 Å². The number of hydrogen-bond acceptors (Lipinski definition) is 12. The van der Waals surface area contributed by atoms with E-state index in [1.54, 1.807) is 24.3 Å². The van der Waals surface area contributed by atoms with Crippen LogP contribution in [0.3, 0.4) is 0 Å². The molecule has 3 atom stereocenters. The molecule has 3 unspecified atom stereocenters. The zero-order valence-electron chi connectivity index (χ0n) is 37.0. The highest BCUT2D eigenvalue weighted by atomic mass is 127. The summed E-state index contributed by atoms with van der Waals surface area (Å²) in [6.45, 7) is -4.86. The molecule has 1 aromatic heterocycles. The average molecular weight is 1120 g/mol. The van der Waals surface area contributed by atoms with Crippen LogP contribution in [-0.2, 0) is 50.2 Å². The lowest BCUT2D eigenvalue weighted by Gasteiger charge is -2.37. The monoisotopic (exact) mass is 1120 g/mol. The maximum Gasteiger partial charge on any atom is 0.474 e. The third kappa shape index (κ3) is 15.4. The second-order valence-corrected chi connectivity index (χ2v) is 18.7. The standard InChI is InChI=1S/C39H47F10IN7O10P/c1-36(2,38(44,45)46)29(53-35(61)65-15-13-21-8-10-23(50)11-9-21)31(58)55-56(20-25-26(40)16-22(17-27(25)41)28-12-14-57(54-28)33(42)43)19-24(67-68(62,63-6)64-7)18-52-32(59)30(66-34(60)51-5)37(3,4)39(47,48)49/h8-12,14,16-17,24,29-30,33H,13,15,18-20H2,1-7H3,(H,51,60)(H,52,59)(H,53,61)(H,55,58). The number of nitrogens with one attached hydrogen (secondary N) is 4. The number of amides is 4. The molecule has 0 spiro atoms. The van der Waals surface area contributed by atoms with Crippen molar-refractivity contribution in [1.29, 1.82) is 0 Å². The molecule has 0 aliphatic carbocycles. The number of ether oxygens (including phenoxy) is 2. The molecule has 0 bridgehead atoms. The lowest BCUT2D eigenvalue weighted by atomic mass is 9.83. The molecular formula is C39H47F10IN7O10P. The lowest BCUT2D eigenvalue weighted by Crippen LogP contribution is -2.62. The molecule has 3 aromatic rings. The molecule has 68 heavy (non-hydrogen) atoms. The Morgan fingerprint density at radius 3 is 1.94 bits per heavy atom. The molecule has 0 saturated carbocycles. The minimum atomic E-state index is -5.27. The Bertz CT molecular complexity index is 2240. The van der Waals surface area contributed by atoms with Gasteiger partial charge in [0.05, 0.1) is 17.7 Å². The summed E-state index contributed by atoms with van der Waals surface area (Å²) >= 11 is 2.05. The number of phosphoric ester groups is 1. The van der Waals surface area contributed by atoms with Gasteiger partial charge in [0.15, 0.2) is 6.10 Å². The fraction of sp³-hybridized carbons (Fsp3) is 0.513. The number of rotatable bonds is 22. The first-order valence-corrected chi connectivity index (χ1v) is 22.2. The number of alkyl carbamates (subject to hydrolysis) is 2. The second-order valence-electron chi connectivity index (χ2n) is 15.6. The number of carbonyl (C=O) groups excluding carboxylic acids is 4. The first-order valence-electron chi connectivity index (χ1n) is 19.6. The van der Waals surface area contributed by atoms with Gasteiger partial charge in [0.1, 0.15) is 29.2 Å². The normalized spacial score (nSPS) is 14.0. The largest absolute Gasteiger partial charge is 0.474 e. The zero-order valence-corrected chi connectivity index (χ0v) is 40.0. The topological polar surface area (TPSA) is 201 Å². The minimum absolute atomic E-state index is 0.0960. The van der Waals surface area contributed by atoms with E-state index in [0.29, 0.717) is 50.4 Å². The van der Waals surface area contributed by atoms with Gasteiger partial charge in [-0.1, -0.05) is 12.1 Å². The van der Waals surface area contributed by atoms with Gasteiger partial charge in [-0.25, -0.2) is 32.6 Å². The number of aromatic nitrogens is 2. The molecule has 1 heterocycles. The Morgan fingerprint density at radius 2 is 1.44 bits per heavy atom. The molecule has 0 radical (unpaired) electrons. The minimum Gasteiger partial charge on any atom is -0.449 e. The van der Waals surface area contributed by atoms with Crippen molar-refractivity contribution < 1.29 is 90.7 Å². The Kier molecular flexibility index (Phi) is 20.1. The first-order chi connectivity index (χ1) is 31.4. The molecule has 3 rings (SSSR count). The molecule has 0 aliphatic rings. The zero-order chi connectivity index (χ0) is 51.6. The van der Waals surface area contributed by atoms with Crippen molar-refractivity contribution >= 4 is 54.4 Å². The number of halogens is 11. The number of nitrogens with zero attached hydrogens (tertiary/aromatic N) is 3. The molecule has 4 N–H and O–H groups in total. The van der Waals surface area contributed by atoms with Crippen LogP contribution in [0.2, 0.25) is 0 Å². The number of phosphoric acid groups is 1. The van der Waals surface area contributed by atoms with Crippen molar-refractivity contribution in [3.63, 3.8) is 0 Å². The highest BCUT2D eigenvalue weighted by molar-refractivity contribution is 14.1. The maximum atomic E-state index is 15.9. The second kappa shape index (κ2) is 23.7. The molecule has 0 aliphatic heterocycles. The van der Waals surface area contributed by atoms with Gasteiger partial charge in [-0.05, 0) is 86.2 Å². The molecule has 29 heteroatoms. The van der Waals surface area contributed by atoms with Crippen LogP contribution in [0.1, 0.15) is 45.4 Å². The van der Waals surface area contributed by atoms with E-state index in [-0.39, 0.29) is 29.0 Å². The Hall–Kier alpha value is -4.77. The van der Waals surface area contributed by atoms with E-state index in [0.717, 1.165) is 37.1 Å². The Labute approximate surface area is 396 Å². The predicted molar refractivity (Wildman–Crippen MR) is 227 cm³/mol. The number of carbonyl (C=O) groups is 4. The van der Waals surface area contributed by atoms with E-state index in [9.17, 15) is 58.9 Å². The van der Waals surface area contributed by atoms with Crippen LogP contribution >= 0.6 is 30.4 Å². The van der Waals surface area contributed by atoms with Crippen LogP contribution in [0.5, 0.6) is 0 Å². The number of hydrogen-bond donors (Lipinski definition) is 4. The van der Waals surface area contributed by atoms with Crippen molar-refractivity contribution in [2.24, 2.45) is 10.8 Å². The SMILES string of the molecule is CNC(=O)OC(C(=O)NCC(CN(Cc1c(F)cc(-c2ccn(C(F)F)n2)cc1F)NC(=O)C(NC(=O)OCCc1ccc(I)cc1)C(C)(C)C(F)(F)F)OP(=O)(OC)OC)C(C)(C)C(F)(F)F. The van der Waals surface area contributed by atoms with Gasteiger partial charge in [0.2, 0.25) is 0 Å². The van der Waals surface area contributed by atoms with Gasteiger partial charge in [0.25, 0.3) is 11.8 Å². The molecule has 380 valence electrons. The summed E-state index contributed by atoms with van der Waals surface area (Å²) in [5.41, 5.74) is -5.28. The van der Waals surface area contributed by atoms with Crippen molar-refractivity contribution in [2.75, 3.05) is 41.0 Å². The van der Waals surface area contributed by atoms with E-state index in [1.165, 1.54) is 0 Å². The average Bonchev–Trinajstić information content (AvgIpc) is 3.76. The van der Waals surface area contributed by atoms with Crippen LogP contribution in [0, 0.1) is 26.0 Å².